The topological polar surface area (TPSA) is 9.23 Å². The molecule has 0 heterocycles. The zero-order chi connectivity index (χ0) is 16.8. The summed E-state index contributed by atoms with van der Waals surface area (Å²) >= 11 is 0. The fourth-order valence-corrected chi connectivity index (χ4v) is 4.92. The molecule has 0 amide bonds. The molecule has 132 valence electrons. The van der Waals surface area contributed by atoms with Crippen LogP contribution in [0.4, 0.5) is 0 Å². The first kappa shape index (κ1) is 17.7. The average Bonchev–Trinajstić information content (AvgIpc) is 2.63. The van der Waals surface area contributed by atoms with Gasteiger partial charge in [0.05, 0.1) is 6.61 Å². The molecule has 3 rings (SSSR count). The van der Waals surface area contributed by atoms with Gasteiger partial charge in [-0.1, -0.05) is 42.0 Å². The lowest BCUT2D eigenvalue weighted by Crippen LogP contribution is -2.25. The quantitative estimate of drug-likeness (QED) is 0.579. The molecule has 2 fully saturated rings. The maximum Gasteiger partial charge on any atom is 0.0643 e. The minimum absolute atomic E-state index is 0.767. The Labute approximate surface area is 148 Å². The van der Waals surface area contributed by atoms with Crippen LogP contribution >= 0.6 is 0 Å². The summed E-state index contributed by atoms with van der Waals surface area (Å²) in [7, 11) is 1.77. The molecule has 1 aromatic rings. The molecule has 0 unspecified atom stereocenters. The number of ether oxygens (including phenoxy) is 1. The zero-order valence-electron chi connectivity index (χ0n) is 15.5. The predicted octanol–water partition coefficient (Wildman–Crippen LogP) is 6.28. The van der Waals surface area contributed by atoms with Crippen molar-refractivity contribution in [2.75, 3.05) is 13.7 Å². The smallest absolute Gasteiger partial charge is 0.0643 e. The van der Waals surface area contributed by atoms with E-state index in [2.05, 4.69) is 43.3 Å². The Morgan fingerprint density at radius 3 is 2.04 bits per heavy atom. The normalized spacial score (nSPS) is 31.4. The number of hydrogen-bond donors (Lipinski definition) is 0. The first-order valence-corrected chi connectivity index (χ1v) is 9.98. The number of benzene rings is 1. The summed E-state index contributed by atoms with van der Waals surface area (Å²) in [5.41, 5.74) is 2.95. The molecule has 1 nitrogen and oxygen atoms in total. The fraction of sp³-hybridized carbons (Fsp3) is 0.652. The highest BCUT2D eigenvalue weighted by molar-refractivity contribution is 5.24. The van der Waals surface area contributed by atoms with Gasteiger partial charge in [0.1, 0.15) is 0 Å². The summed E-state index contributed by atoms with van der Waals surface area (Å²) in [6, 6.07) is 9.27. The SMILES string of the molecule is COCC=C[C@H]1CC[C@H]([C@H]2CC[C@H](c3ccc(C)cc3)CC2)CC1. The van der Waals surface area contributed by atoms with E-state index in [1.165, 1.54) is 56.9 Å². The van der Waals surface area contributed by atoms with Crippen molar-refractivity contribution in [2.24, 2.45) is 17.8 Å². The van der Waals surface area contributed by atoms with Crippen LogP contribution in [0.25, 0.3) is 0 Å². The minimum atomic E-state index is 0.767. The van der Waals surface area contributed by atoms with Crippen LogP contribution in [0.3, 0.4) is 0 Å². The number of rotatable bonds is 5. The van der Waals surface area contributed by atoms with Crippen molar-refractivity contribution >= 4 is 0 Å². The standard InChI is InChI=1S/C23H34O/c1-18-5-9-20(10-6-18)22-13-15-23(16-14-22)21-11-7-19(8-12-21)4-3-17-24-2/h3-6,9-10,19,21-23H,7-8,11-17H2,1-2H3/t19-,21-,22-,23-. The van der Waals surface area contributed by atoms with E-state index in [1.807, 2.05) is 0 Å². The number of aryl methyl sites for hydroxylation is 1. The number of allylic oxidation sites excluding steroid dienone is 1. The molecule has 0 aromatic heterocycles. The van der Waals surface area contributed by atoms with E-state index in [-0.39, 0.29) is 0 Å². The van der Waals surface area contributed by atoms with Crippen LogP contribution < -0.4 is 0 Å². The lowest BCUT2D eigenvalue weighted by molar-refractivity contribution is 0.171. The van der Waals surface area contributed by atoms with E-state index >= 15 is 0 Å². The highest BCUT2D eigenvalue weighted by atomic mass is 16.5. The van der Waals surface area contributed by atoms with Crippen molar-refractivity contribution < 1.29 is 4.74 Å². The van der Waals surface area contributed by atoms with Gasteiger partial charge in [0, 0.05) is 7.11 Å². The van der Waals surface area contributed by atoms with Crippen LogP contribution in [0.15, 0.2) is 36.4 Å². The molecule has 24 heavy (non-hydrogen) atoms. The Bertz CT molecular complexity index is 499. The second kappa shape index (κ2) is 8.85. The maximum atomic E-state index is 5.12. The Balaban J connectivity index is 1.43. The third-order valence-corrected chi connectivity index (χ3v) is 6.47. The van der Waals surface area contributed by atoms with Gasteiger partial charge < -0.3 is 4.74 Å². The van der Waals surface area contributed by atoms with Crippen LogP contribution in [0.5, 0.6) is 0 Å². The molecule has 1 aromatic carbocycles. The summed E-state index contributed by atoms with van der Waals surface area (Å²) in [4.78, 5) is 0. The van der Waals surface area contributed by atoms with Gasteiger partial charge in [0.2, 0.25) is 0 Å². The van der Waals surface area contributed by atoms with E-state index in [4.69, 9.17) is 4.74 Å². The van der Waals surface area contributed by atoms with Gasteiger partial charge in [-0.15, -0.1) is 0 Å². The minimum Gasteiger partial charge on any atom is -0.381 e. The van der Waals surface area contributed by atoms with Crippen LogP contribution in [-0.4, -0.2) is 13.7 Å². The van der Waals surface area contributed by atoms with Gasteiger partial charge >= 0.3 is 0 Å². The summed E-state index contributed by atoms with van der Waals surface area (Å²) in [5.74, 6) is 3.61. The van der Waals surface area contributed by atoms with Crippen molar-refractivity contribution in [3.05, 3.63) is 47.5 Å². The summed E-state index contributed by atoms with van der Waals surface area (Å²) in [6.07, 6.45) is 16.0. The molecule has 2 aliphatic carbocycles. The highest BCUT2D eigenvalue weighted by Crippen LogP contribution is 2.44. The van der Waals surface area contributed by atoms with E-state index in [0.29, 0.717) is 0 Å². The summed E-state index contributed by atoms with van der Waals surface area (Å²) in [6.45, 7) is 2.95. The summed E-state index contributed by atoms with van der Waals surface area (Å²) in [5, 5.41) is 0. The van der Waals surface area contributed by atoms with Gasteiger partial charge in [0.25, 0.3) is 0 Å². The molecule has 0 saturated heterocycles. The van der Waals surface area contributed by atoms with Crippen molar-refractivity contribution in [1.29, 1.82) is 0 Å². The van der Waals surface area contributed by atoms with Crippen LogP contribution in [0, 0.1) is 24.7 Å². The molecule has 2 aliphatic rings. The molecule has 2 saturated carbocycles. The van der Waals surface area contributed by atoms with Crippen molar-refractivity contribution in [2.45, 2.75) is 64.2 Å². The average molecular weight is 327 g/mol. The molecule has 0 atom stereocenters. The molecule has 0 radical (unpaired) electrons. The van der Waals surface area contributed by atoms with Crippen molar-refractivity contribution in [3.63, 3.8) is 0 Å². The third kappa shape index (κ3) is 4.72. The Morgan fingerprint density at radius 2 is 1.46 bits per heavy atom. The van der Waals surface area contributed by atoms with Crippen LogP contribution in [-0.2, 0) is 4.74 Å². The first-order valence-electron chi connectivity index (χ1n) is 9.98. The number of methoxy groups -OCH3 is 1. The molecular weight excluding hydrogens is 292 g/mol. The Morgan fingerprint density at radius 1 is 0.875 bits per heavy atom. The second-order valence-corrected chi connectivity index (χ2v) is 8.08. The number of hydrogen-bond acceptors (Lipinski definition) is 1. The third-order valence-electron chi connectivity index (χ3n) is 6.47. The molecular formula is C23H34O. The van der Waals surface area contributed by atoms with E-state index in [9.17, 15) is 0 Å². The van der Waals surface area contributed by atoms with Gasteiger partial charge in [0.15, 0.2) is 0 Å². The molecule has 0 aliphatic heterocycles. The maximum absolute atomic E-state index is 5.12. The first-order chi connectivity index (χ1) is 11.8. The lowest BCUT2D eigenvalue weighted by atomic mass is 9.68. The van der Waals surface area contributed by atoms with Gasteiger partial charge in [-0.25, -0.2) is 0 Å². The van der Waals surface area contributed by atoms with Gasteiger partial charge in [-0.2, -0.15) is 0 Å². The molecule has 0 bridgehead atoms. The highest BCUT2D eigenvalue weighted by Gasteiger charge is 2.30. The fourth-order valence-electron chi connectivity index (χ4n) is 4.92. The largest absolute Gasteiger partial charge is 0.381 e. The van der Waals surface area contributed by atoms with E-state index in [1.54, 1.807) is 12.7 Å². The van der Waals surface area contributed by atoms with Gasteiger partial charge in [-0.3, -0.25) is 0 Å². The predicted molar refractivity (Wildman–Crippen MR) is 102 cm³/mol. The van der Waals surface area contributed by atoms with Crippen LogP contribution in [0.2, 0.25) is 0 Å². The monoisotopic (exact) mass is 326 g/mol. The second-order valence-electron chi connectivity index (χ2n) is 8.08. The van der Waals surface area contributed by atoms with Gasteiger partial charge in [-0.05, 0) is 87.5 Å². The van der Waals surface area contributed by atoms with E-state index in [0.717, 1.165) is 30.3 Å². The summed E-state index contributed by atoms with van der Waals surface area (Å²) < 4.78 is 5.12. The van der Waals surface area contributed by atoms with Crippen molar-refractivity contribution in [1.82, 2.24) is 0 Å². The Hall–Kier alpha value is -1.08. The van der Waals surface area contributed by atoms with Crippen LogP contribution in [0.1, 0.15) is 68.4 Å². The molecule has 0 spiro atoms. The molecule has 1 heteroatoms. The van der Waals surface area contributed by atoms with Crippen molar-refractivity contribution in [3.8, 4) is 0 Å². The lowest BCUT2D eigenvalue weighted by Gasteiger charge is -2.37. The molecule has 0 N–H and O–H groups in total. The zero-order valence-corrected chi connectivity index (χ0v) is 15.5. The Kier molecular flexibility index (Phi) is 6.54. The van der Waals surface area contributed by atoms with E-state index < -0.39 is 0 Å².